The van der Waals surface area contributed by atoms with Crippen LogP contribution in [-0.2, 0) is 9.53 Å². The molecule has 0 radical (unpaired) electrons. The number of phenols is 1. The lowest BCUT2D eigenvalue weighted by Gasteiger charge is -2.46. The van der Waals surface area contributed by atoms with E-state index in [0.29, 0.717) is 18.4 Å². The molecule has 5 rings (SSSR count). The lowest BCUT2D eigenvalue weighted by atomic mass is 9.58. The molecule has 3 aliphatic carbocycles. The first kappa shape index (κ1) is 15.3. The first-order chi connectivity index (χ1) is 11.9. The fourth-order valence-electron chi connectivity index (χ4n) is 5.00. The number of ketones is 2. The molecule has 1 aliphatic heterocycles. The van der Waals surface area contributed by atoms with E-state index in [4.69, 9.17) is 4.74 Å². The van der Waals surface area contributed by atoms with Crippen LogP contribution in [0.5, 0.6) is 5.75 Å². The molecule has 0 aromatic heterocycles. The molecule has 3 N–H and O–H groups in total. The van der Waals surface area contributed by atoms with Gasteiger partial charge in [0.25, 0.3) is 0 Å². The summed E-state index contributed by atoms with van der Waals surface area (Å²) in [5.41, 5.74) is -0.645. The molecule has 6 nitrogen and oxygen atoms in total. The van der Waals surface area contributed by atoms with Crippen LogP contribution in [-0.4, -0.2) is 44.7 Å². The quantitative estimate of drug-likeness (QED) is 0.608. The average Bonchev–Trinajstić information content (AvgIpc) is 3.35. The van der Waals surface area contributed by atoms with Crippen LogP contribution in [0.15, 0.2) is 29.3 Å². The second-order valence-corrected chi connectivity index (χ2v) is 7.68. The zero-order chi connectivity index (χ0) is 17.7. The molecule has 4 aliphatic rings. The van der Waals surface area contributed by atoms with Crippen LogP contribution in [0.25, 0.3) is 0 Å². The number of rotatable bonds is 0. The second kappa shape index (κ2) is 4.58. The van der Waals surface area contributed by atoms with Gasteiger partial charge in [0.15, 0.2) is 11.6 Å². The summed E-state index contributed by atoms with van der Waals surface area (Å²) >= 11 is 0. The van der Waals surface area contributed by atoms with Gasteiger partial charge in [-0.05, 0) is 24.0 Å². The molecule has 1 fully saturated rings. The molecule has 6 heteroatoms. The van der Waals surface area contributed by atoms with E-state index in [1.54, 1.807) is 0 Å². The summed E-state index contributed by atoms with van der Waals surface area (Å²) < 4.78 is 5.64. The summed E-state index contributed by atoms with van der Waals surface area (Å²) in [5, 5.41) is 32.3. The third kappa shape index (κ3) is 1.69. The lowest BCUT2D eigenvalue weighted by Crippen LogP contribution is -2.59. The Balaban J connectivity index is 1.77. The lowest BCUT2D eigenvalue weighted by molar-refractivity contribution is -0.130. The predicted molar refractivity (Wildman–Crippen MR) is 84.9 cm³/mol. The van der Waals surface area contributed by atoms with Gasteiger partial charge in [0.05, 0.1) is 5.92 Å². The van der Waals surface area contributed by atoms with Gasteiger partial charge in [-0.3, -0.25) is 9.59 Å². The average molecular weight is 342 g/mol. The van der Waals surface area contributed by atoms with Crippen molar-refractivity contribution < 1.29 is 29.6 Å². The highest BCUT2D eigenvalue weighted by Gasteiger charge is 2.71. The fourth-order valence-corrected chi connectivity index (χ4v) is 5.00. The Morgan fingerprint density at radius 1 is 1.24 bits per heavy atom. The van der Waals surface area contributed by atoms with E-state index in [2.05, 4.69) is 0 Å². The number of ether oxygens (including phenoxy) is 1. The molecule has 1 aromatic carbocycles. The van der Waals surface area contributed by atoms with Gasteiger partial charge >= 0.3 is 0 Å². The van der Waals surface area contributed by atoms with E-state index < -0.39 is 35.6 Å². The molecule has 0 saturated carbocycles. The zero-order valence-corrected chi connectivity index (χ0v) is 13.6. The molecule has 6 atom stereocenters. The molecule has 0 amide bonds. The van der Waals surface area contributed by atoms with Crippen molar-refractivity contribution in [1.82, 2.24) is 0 Å². The number of benzene rings is 1. The van der Waals surface area contributed by atoms with E-state index in [0.717, 1.165) is 5.57 Å². The largest absolute Gasteiger partial charge is 0.508 e. The minimum atomic E-state index is -1.93. The molecule has 0 unspecified atom stereocenters. The van der Waals surface area contributed by atoms with E-state index in [9.17, 15) is 24.9 Å². The molecule has 1 saturated heterocycles. The van der Waals surface area contributed by atoms with Crippen molar-refractivity contribution in [2.75, 3.05) is 0 Å². The van der Waals surface area contributed by atoms with Gasteiger partial charge in [0.1, 0.15) is 29.7 Å². The van der Waals surface area contributed by atoms with Crippen LogP contribution < -0.4 is 0 Å². The number of aromatic hydroxyl groups is 1. The summed E-state index contributed by atoms with van der Waals surface area (Å²) in [7, 11) is 0. The summed E-state index contributed by atoms with van der Waals surface area (Å²) in [6.07, 6.45) is -1.69. The Morgan fingerprint density at radius 2 is 2.00 bits per heavy atom. The van der Waals surface area contributed by atoms with E-state index in [-0.39, 0.29) is 28.6 Å². The van der Waals surface area contributed by atoms with Crippen molar-refractivity contribution in [2.45, 2.75) is 43.7 Å². The molecule has 1 heterocycles. The van der Waals surface area contributed by atoms with Gasteiger partial charge in [-0.15, -0.1) is 0 Å². The number of aliphatic hydroxyl groups excluding tert-OH is 1. The maximum Gasteiger partial charge on any atom is 0.174 e. The van der Waals surface area contributed by atoms with Crippen molar-refractivity contribution in [3.05, 3.63) is 40.5 Å². The maximum absolute atomic E-state index is 13.2. The van der Waals surface area contributed by atoms with Gasteiger partial charge in [0.2, 0.25) is 0 Å². The summed E-state index contributed by atoms with van der Waals surface area (Å²) in [4.78, 5) is 25.9. The van der Waals surface area contributed by atoms with Crippen LogP contribution >= 0.6 is 0 Å². The molecule has 0 bridgehead atoms. The molecule has 0 spiro atoms. The maximum atomic E-state index is 13.2. The standard InChI is InChI=1S/C19H18O6/c1-7-5-9-12(11(21)6-7)14-15(22)8-3-2-4-10(20)13(8)17(23)19(14,24)18-16(9)25-18/h2-4,7,14,16-18,20,23-24H,5-6H2,1H3/t7-,14+,16+,17+,18-,19+/m1/s1. The van der Waals surface area contributed by atoms with Gasteiger partial charge in [-0.25, -0.2) is 0 Å². The Bertz CT molecular complexity index is 871. The molecule has 130 valence electrons. The SMILES string of the molecule is C[C@H]1CC(=O)C2=C(C1)[C@@H]1O[C@H]1[C@]1(O)[C@@H]2C(=O)c2cccc(O)c2[C@@H]1O. The number of carbonyl (C=O) groups excluding carboxylic acids is 2. The third-order valence-corrected chi connectivity index (χ3v) is 6.11. The fraction of sp³-hybridized carbons (Fsp3) is 0.474. The van der Waals surface area contributed by atoms with Gasteiger partial charge in [0, 0.05) is 23.1 Å². The highest BCUT2D eigenvalue weighted by Crippen LogP contribution is 2.60. The first-order valence-electron chi connectivity index (χ1n) is 8.53. The van der Waals surface area contributed by atoms with Gasteiger partial charge in [-0.1, -0.05) is 19.1 Å². The third-order valence-electron chi connectivity index (χ3n) is 6.11. The number of hydrogen-bond acceptors (Lipinski definition) is 6. The smallest absolute Gasteiger partial charge is 0.174 e. The number of aliphatic hydroxyl groups is 2. The Morgan fingerprint density at radius 3 is 2.76 bits per heavy atom. The van der Waals surface area contributed by atoms with Crippen molar-refractivity contribution in [2.24, 2.45) is 11.8 Å². The summed E-state index contributed by atoms with van der Waals surface area (Å²) in [5.74, 6) is -1.82. The van der Waals surface area contributed by atoms with Crippen molar-refractivity contribution in [3.63, 3.8) is 0 Å². The van der Waals surface area contributed by atoms with Crippen LogP contribution in [0.4, 0.5) is 0 Å². The molecule has 25 heavy (non-hydrogen) atoms. The number of hydrogen-bond donors (Lipinski definition) is 3. The van der Waals surface area contributed by atoms with Crippen molar-refractivity contribution in [3.8, 4) is 5.75 Å². The minimum Gasteiger partial charge on any atom is -0.508 e. The first-order valence-corrected chi connectivity index (χ1v) is 8.53. The number of carbonyl (C=O) groups is 2. The number of fused-ring (bicyclic) bond motifs is 6. The molecular formula is C19H18O6. The van der Waals surface area contributed by atoms with E-state index in [1.807, 2.05) is 6.92 Å². The zero-order valence-electron chi connectivity index (χ0n) is 13.6. The van der Waals surface area contributed by atoms with Crippen LogP contribution in [0.2, 0.25) is 0 Å². The topological polar surface area (TPSA) is 107 Å². The molecular weight excluding hydrogens is 324 g/mol. The predicted octanol–water partition coefficient (Wildman–Crippen LogP) is 1.05. The summed E-state index contributed by atoms with van der Waals surface area (Å²) in [6.45, 7) is 1.98. The van der Waals surface area contributed by atoms with Gasteiger partial charge < -0.3 is 20.1 Å². The highest BCUT2D eigenvalue weighted by molar-refractivity contribution is 6.11. The Hall–Kier alpha value is -2.02. The number of phenolic OH excluding ortho intramolecular Hbond substituents is 1. The van der Waals surface area contributed by atoms with Crippen molar-refractivity contribution in [1.29, 1.82) is 0 Å². The van der Waals surface area contributed by atoms with Crippen LogP contribution in [0.1, 0.15) is 41.8 Å². The summed E-state index contributed by atoms with van der Waals surface area (Å²) in [6, 6.07) is 4.39. The number of epoxide rings is 1. The Kier molecular flexibility index (Phi) is 2.79. The second-order valence-electron chi connectivity index (χ2n) is 7.68. The van der Waals surface area contributed by atoms with E-state index in [1.165, 1.54) is 18.2 Å². The Labute approximate surface area is 143 Å². The monoisotopic (exact) mass is 342 g/mol. The minimum absolute atomic E-state index is 0.0150. The number of Topliss-reactive ketones (excluding diaryl/α,β-unsaturated/α-hetero) is 2. The van der Waals surface area contributed by atoms with Crippen LogP contribution in [0.3, 0.4) is 0 Å². The van der Waals surface area contributed by atoms with Gasteiger partial charge in [-0.2, -0.15) is 0 Å². The van der Waals surface area contributed by atoms with Crippen molar-refractivity contribution >= 4 is 11.6 Å². The molecule has 1 aromatic rings. The van der Waals surface area contributed by atoms with E-state index >= 15 is 0 Å². The van der Waals surface area contributed by atoms with Crippen LogP contribution in [0, 0.1) is 11.8 Å². The normalized spacial score (nSPS) is 41.6. The highest BCUT2D eigenvalue weighted by atomic mass is 16.6.